The fourth-order valence-electron chi connectivity index (χ4n) is 3.95. The van der Waals surface area contributed by atoms with E-state index in [4.69, 9.17) is 0 Å². The first-order valence-electron chi connectivity index (χ1n) is 7.56. The van der Waals surface area contributed by atoms with E-state index in [-0.39, 0.29) is 17.6 Å². The van der Waals surface area contributed by atoms with Crippen LogP contribution >= 0.6 is 0 Å². The number of aryl methyl sites for hydroxylation is 1. The summed E-state index contributed by atoms with van der Waals surface area (Å²) in [5.41, 5.74) is -1.01. The van der Waals surface area contributed by atoms with E-state index in [1.807, 2.05) is 17.8 Å². The van der Waals surface area contributed by atoms with Crippen molar-refractivity contribution in [3.63, 3.8) is 0 Å². The molecule has 2 heterocycles. The summed E-state index contributed by atoms with van der Waals surface area (Å²) in [4.78, 5) is 4.32. The lowest BCUT2D eigenvalue weighted by Crippen LogP contribution is -2.44. The Morgan fingerprint density at radius 2 is 2.24 bits per heavy atom. The van der Waals surface area contributed by atoms with E-state index in [9.17, 15) is 13.5 Å². The maximum atomic E-state index is 12.1. The van der Waals surface area contributed by atoms with E-state index in [0.29, 0.717) is 25.3 Å². The van der Waals surface area contributed by atoms with Crippen LogP contribution in [0.15, 0.2) is 12.4 Å². The first kappa shape index (κ1) is 15.0. The van der Waals surface area contributed by atoms with Crippen LogP contribution < -0.4 is 0 Å². The van der Waals surface area contributed by atoms with Gasteiger partial charge in [-0.25, -0.2) is 17.7 Å². The lowest BCUT2D eigenvalue weighted by molar-refractivity contribution is -0.0728. The molecule has 1 aromatic heterocycles. The Morgan fingerprint density at radius 3 is 2.86 bits per heavy atom. The quantitative estimate of drug-likeness (QED) is 0.891. The van der Waals surface area contributed by atoms with E-state index in [2.05, 4.69) is 4.98 Å². The minimum absolute atomic E-state index is 0.0614. The molecular formula is C14H23N3O3S. The second kappa shape index (κ2) is 5.07. The average molecular weight is 313 g/mol. The number of fused-ring (bicyclic) bond motifs is 1. The van der Waals surface area contributed by atoms with Gasteiger partial charge in [0.1, 0.15) is 11.4 Å². The minimum atomic E-state index is -3.19. The van der Waals surface area contributed by atoms with Crippen molar-refractivity contribution in [1.82, 2.24) is 13.9 Å². The van der Waals surface area contributed by atoms with Crippen LogP contribution in [-0.4, -0.2) is 46.2 Å². The monoisotopic (exact) mass is 313 g/mol. The zero-order valence-corrected chi connectivity index (χ0v) is 13.4. The van der Waals surface area contributed by atoms with E-state index in [1.165, 1.54) is 0 Å². The Morgan fingerprint density at radius 1 is 1.48 bits per heavy atom. The maximum absolute atomic E-state index is 12.1. The van der Waals surface area contributed by atoms with Gasteiger partial charge in [0.2, 0.25) is 10.0 Å². The van der Waals surface area contributed by atoms with Crippen molar-refractivity contribution in [1.29, 1.82) is 0 Å². The van der Waals surface area contributed by atoms with Crippen LogP contribution in [-0.2, 0) is 22.7 Å². The topological polar surface area (TPSA) is 75.4 Å². The van der Waals surface area contributed by atoms with Crippen LogP contribution in [0.3, 0.4) is 0 Å². The summed E-state index contributed by atoms with van der Waals surface area (Å²) in [6.45, 7) is 2.61. The molecule has 3 atom stereocenters. The zero-order valence-electron chi connectivity index (χ0n) is 12.6. The summed E-state index contributed by atoms with van der Waals surface area (Å²) in [6, 6.07) is 0. The Labute approximate surface area is 125 Å². The number of nitrogens with zero attached hydrogens (tertiary/aromatic N) is 3. The molecule has 0 radical (unpaired) electrons. The molecule has 1 saturated heterocycles. The summed E-state index contributed by atoms with van der Waals surface area (Å²) < 4.78 is 27.7. The highest BCUT2D eigenvalue weighted by Gasteiger charge is 2.53. The molecule has 1 aromatic rings. The number of imidazole rings is 1. The lowest BCUT2D eigenvalue weighted by atomic mass is 9.70. The molecule has 1 N–H and O–H groups in total. The Bertz CT molecular complexity index is 627. The molecule has 0 spiro atoms. The van der Waals surface area contributed by atoms with Crippen LogP contribution in [0.4, 0.5) is 0 Å². The molecule has 1 saturated carbocycles. The SMILES string of the molecule is CCS(=O)(=O)N1C[C@H]2CCC[C@](O)(c3nccn3C)[C@@H]2C1. The molecule has 21 heavy (non-hydrogen) atoms. The van der Waals surface area contributed by atoms with Crippen molar-refractivity contribution in [3.8, 4) is 0 Å². The summed E-state index contributed by atoms with van der Waals surface area (Å²) in [5, 5.41) is 11.2. The lowest BCUT2D eigenvalue weighted by Gasteiger charge is -2.40. The van der Waals surface area contributed by atoms with Gasteiger partial charge >= 0.3 is 0 Å². The smallest absolute Gasteiger partial charge is 0.213 e. The Hall–Kier alpha value is -0.920. The van der Waals surface area contributed by atoms with Crippen molar-refractivity contribution in [2.24, 2.45) is 18.9 Å². The van der Waals surface area contributed by atoms with Gasteiger partial charge in [0.25, 0.3) is 0 Å². The van der Waals surface area contributed by atoms with Gasteiger partial charge in [0.05, 0.1) is 5.75 Å². The predicted molar refractivity (Wildman–Crippen MR) is 79.0 cm³/mol. The zero-order chi connectivity index (χ0) is 15.3. The second-order valence-electron chi connectivity index (χ2n) is 6.26. The summed E-state index contributed by atoms with van der Waals surface area (Å²) in [6.07, 6.45) is 6.05. The first-order valence-corrected chi connectivity index (χ1v) is 9.17. The van der Waals surface area contributed by atoms with E-state index in [0.717, 1.165) is 12.8 Å². The molecule has 7 heteroatoms. The van der Waals surface area contributed by atoms with E-state index < -0.39 is 15.6 Å². The largest absolute Gasteiger partial charge is 0.382 e. The van der Waals surface area contributed by atoms with E-state index in [1.54, 1.807) is 17.4 Å². The van der Waals surface area contributed by atoms with Gasteiger partial charge in [-0.05, 0) is 32.1 Å². The van der Waals surface area contributed by atoms with Gasteiger partial charge in [0, 0.05) is 38.4 Å². The number of hydrogen-bond acceptors (Lipinski definition) is 4. The molecule has 0 unspecified atom stereocenters. The molecule has 2 aliphatic rings. The highest BCUT2D eigenvalue weighted by atomic mass is 32.2. The highest BCUT2D eigenvalue weighted by molar-refractivity contribution is 7.89. The molecular weight excluding hydrogens is 290 g/mol. The molecule has 0 amide bonds. The van der Waals surface area contributed by atoms with Gasteiger partial charge in [-0.3, -0.25) is 0 Å². The molecule has 6 nitrogen and oxygen atoms in total. The van der Waals surface area contributed by atoms with Crippen molar-refractivity contribution in [2.75, 3.05) is 18.8 Å². The van der Waals surface area contributed by atoms with Crippen molar-refractivity contribution < 1.29 is 13.5 Å². The average Bonchev–Trinajstić information content (AvgIpc) is 3.06. The number of hydrogen-bond donors (Lipinski definition) is 1. The summed E-state index contributed by atoms with van der Waals surface area (Å²) in [7, 11) is -1.32. The molecule has 0 bridgehead atoms. The minimum Gasteiger partial charge on any atom is -0.382 e. The normalized spacial score (nSPS) is 34.0. The standard InChI is InChI=1S/C14H23N3O3S/c1-3-21(19,20)17-9-11-5-4-6-14(18,12(11)10-17)13-15-7-8-16(13)2/h7-8,11-12,18H,3-6,9-10H2,1-2H3/t11-,12-,14-/m1/s1. The van der Waals surface area contributed by atoms with Gasteiger partial charge < -0.3 is 9.67 Å². The fourth-order valence-corrected chi connectivity index (χ4v) is 5.13. The van der Waals surface area contributed by atoms with Crippen LogP contribution in [0.2, 0.25) is 0 Å². The van der Waals surface area contributed by atoms with Crippen molar-refractivity contribution >= 4 is 10.0 Å². The van der Waals surface area contributed by atoms with Crippen molar-refractivity contribution in [3.05, 3.63) is 18.2 Å². The molecule has 118 valence electrons. The molecule has 1 aliphatic carbocycles. The predicted octanol–water partition coefficient (Wildman–Crippen LogP) is 0.689. The van der Waals surface area contributed by atoms with Crippen LogP contribution in [0.5, 0.6) is 0 Å². The summed E-state index contributed by atoms with van der Waals surface area (Å²) >= 11 is 0. The fraction of sp³-hybridized carbons (Fsp3) is 0.786. The molecule has 3 rings (SSSR count). The third kappa shape index (κ3) is 2.31. The van der Waals surface area contributed by atoms with Gasteiger partial charge in [0.15, 0.2) is 0 Å². The van der Waals surface area contributed by atoms with E-state index >= 15 is 0 Å². The Balaban J connectivity index is 1.94. The van der Waals surface area contributed by atoms with Gasteiger partial charge in [-0.2, -0.15) is 0 Å². The van der Waals surface area contributed by atoms with Gasteiger partial charge in [-0.1, -0.05) is 0 Å². The Kier molecular flexibility index (Phi) is 3.62. The second-order valence-corrected chi connectivity index (χ2v) is 8.52. The van der Waals surface area contributed by atoms with Crippen LogP contribution in [0.25, 0.3) is 0 Å². The third-order valence-electron chi connectivity index (χ3n) is 5.12. The number of sulfonamides is 1. The van der Waals surface area contributed by atoms with Crippen LogP contribution in [0, 0.1) is 11.8 Å². The van der Waals surface area contributed by atoms with Crippen molar-refractivity contribution in [2.45, 2.75) is 31.8 Å². The molecule has 2 fully saturated rings. The molecule has 0 aromatic carbocycles. The highest BCUT2D eigenvalue weighted by Crippen LogP contribution is 2.48. The first-order chi connectivity index (χ1) is 9.88. The number of rotatable bonds is 3. The number of aromatic nitrogens is 2. The van der Waals surface area contributed by atoms with Crippen LogP contribution in [0.1, 0.15) is 32.0 Å². The maximum Gasteiger partial charge on any atom is 0.213 e. The molecule has 1 aliphatic heterocycles. The third-order valence-corrected chi connectivity index (χ3v) is 6.93. The number of aliphatic hydroxyl groups is 1. The summed E-state index contributed by atoms with van der Waals surface area (Å²) in [5.74, 6) is 0.941. The van der Waals surface area contributed by atoms with Gasteiger partial charge in [-0.15, -0.1) is 0 Å².